The lowest BCUT2D eigenvalue weighted by Crippen LogP contribution is -2.49. The minimum Gasteiger partial charge on any atom is -0.496 e. The number of likely N-dealkylation sites (tertiary alicyclic amines) is 1. The molecule has 2 aromatic carbocycles. The van der Waals surface area contributed by atoms with E-state index >= 15 is 0 Å². The molecule has 4 rings (SSSR count). The first-order valence-corrected chi connectivity index (χ1v) is 11.5. The highest BCUT2D eigenvalue weighted by Crippen LogP contribution is 2.40. The Balaban J connectivity index is 1.52. The number of carbonyl (C=O) groups is 3. The Morgan fingerprint density at radius 1 is 1.06 bits per heavy atom. The van der Waals surface area contributed by atoms with E-state index in [0.717, 1.165) is 25.7 Å². The largest absolute Gasteiger partial charge is 0.496 e. The summed E-state index contributed by atoms with van der Waals surface area (Å²) < 4.78 is 23.4. The average Bonchev–Trinajstić information content (AvgIpc) is 3.26. The predicted octanol–water partition coefficient (Wildman–Crippen LogP) is 3.71. The lowest BCUT2D eigenvalue weighted by Gasteiger charge is -2.33. The molecular formula is C26H29FN2O5. The zero-order valence-electron chi connectivity index (χ0n) is 19.4. The van der Waals surface area contributed by atoms with Crippen molar-refractivity contribution in [2.24, 2.45) is 5.92 Å². The molecular weight excluding hydrogens is 439 g/mol. The first-order valence-electron chi connectivity index (χ1n) is 11.5. The van der Waals surface area contributed by atoms with Crippen LogP contribution < -0.4 is 10.1 Å². The zero-order valence-corrected chi connectivity index (χ0v) is 19.4. The molecule has 7 nitrogen and oxygen atoms in total. The van der Waals surface area contributed by atoms with Crippen molar-refractivity contribution in [2.45, 2.75) is 50.7 Å². The second kappa shape index (κ2) is 10.2. The SMILES string of the molecule is COC(=O)c1cc(CNC(=O)[C@@H]2C[C@H]3CCCC[C@@H]3N2C(=O)c2ccc(F)cc2)ccc1OC. The van der Waals surface area contributed by atoms with Crippen LogP contribution in [0.25, 0.3) is 0 Å². The number of amides is 2. The lowest BCUT2D eigenvalue weighted by atomic mass is 9.84. The molecule has 2 aromatic rings. The molecule has 34 heavy (non-hydrogen) atoms. The van der Waals surface area contributed by atoms with Gasteiger partial charge in [0.05, 0.1) is 14.2 Å². The van der Waals surface area contributed by atoms with E-state index in [1.54, 1.807) is 23.1 Å². The van der Waals surface area contributed by atoms with Crippen molar-refractivity contribution >= 4 is 17.8 Å². The maximum Gasteiger partial charge on any atom is 0.341 e. The summed E-state index contributed by atoms with van der Waals surface area (Å²) in [6.45, 7) is 0.192. The maximum atomic E-state index is 13.4. The average molecular weight is 469 g/mol. The molecule has 180 valence electrons. The predicted molar refractivity (Wildman–Crippen MR) is 123 cm³/mol. The second-order valence-electron chi connectivity index (χ2n) is 8.83. The summed E-state index contributed by atoms with van der Waals surface area (Å²) in [6, 6.07) is 9.92. The molecule has 0 spiro atoms. The van der Waals surface area contributed by atoms with E-state index in [1.165, 1.54) is 38.5 Å². The maximum absolute atomic E-state index is 13.4. The number of benzene rings is 2. The molecule has 1 N–H and O–H groups in total. The number of methoxy groups -OCH3 is 2. The highest BCUT2D eigenvalue weighted by atomic mass is 19.1. The normalized spacial score (nSPS) is 21.5. The smallest absolute Gasteiger partial charge is 0.341 e. The molecule has 0 aromatic heterocycles. The minimum absolute atomic E-state index is 0.00830. The van der Waals surface area contributed by atoms with Crippen molar-refractivity contribution in [3.05, 3.63) is 65.0 Å². The molecule has 0 unspecified atom stereocenters. The number of ether oxygens (including phenoxy) is 2. The summed E-state index contributed by atoms with van der Waals surface area (Å²) in [6.07, 6.45) is 4.57. The fraction of sp³-hybridized carbons (Fsp3) is 0.423. The number of rotatable bonds is 6. The van der Waals surface area contributed by atoms with Gasteiger partial charge in [0.1, 0.15) is 23.2 Å². The molecule has 1 saturated heterocycles. The van der Waals surface area contributed by atoms with Crippen LogP contribution in [-0.2, 0) is 16.1 Å². The third kappa shape index (κ3) is 4.76. The van der Waals surface area contributed by atoms with Crippen molar-refractivity contribution < 1.29 is 28.2 Å². The highest BCUT2D eigenvalue weighted by molar-refractivity contribution is 5.98. The highest BCUT2D eigenvalue weighted by Gasteiger charge is 2.47. The van der Waals surface area contributed by atoms with Crippen molar-refractivity contribution in [2.75, 3.05) is 14.2 Å². The van der Waals surface area contributed by atoms with Crippen molar-refractivity contribution in [3.63, 3.8) is 0 Å². The van der Waals surface area contributed by atoms with Gasteiger partial charge in [-0.15, -0.1) is 0 Å². The van der Waals surface area contributed by atoms with Crippen LogP contribution >= 0.6 is 0 Å². The minimum atomic E-state index is -0.594. The Morgan fingerprint density at radius 3 is 2.50 bits per heavy atom. The molecule has 1 aliphatic heterocycles. The fourth-order valence-electron chi connectivity index (χ4n) is 5.17. The van der Waals surface area contributed by atoms with Gasteiger partial charge < -0.3 is 19.7 Å². The van der Waals surface area contributed by atoms with Gasteiger partial charge in [0, 0.05) is 18.2 Å². The van der Waals surface area contributed by atoms with Crippen LogP contribution in [0.15, 0.2) is 42.5 Å². The van der Waals surface area contributed by atoms with Crippen LogP contribution in [0.3, 0.4) is 0 Å². The van der Waals surface area contributed by atoms with Gasteiger partial charge in [-0.1, -0.05) is 18.9 Å². The van der Waals surface area contributed by atoms with E-state index in [2.05, 4.69) is 5.32 Å². The Bertz CT molecular complexity index is 1070. The Morgan fingerprint density at radius 2 is 1.79 bits per heavy atom. The first kappa shape index (κ1) is 23.7. The van der Waals surface area contributed by atoms with Crippen LogP contribution in [0, 0.1) is 11.7 Å². The van der Waals surface area contributed by atoms with E-state index in [0.29, 0.717) is 23.3 Å². The standard InChI is InChI=1S/C26H29FN2O5/c1-33-23-12-7-16(13-20(23)26(32)34-2)15-28-24(30)22-14-18-5-3-4-6-21(18)29(22)25(31)17-8-10-19(27)11-9-17/h7-13,18,21-22H,3-6,14-15H2,1-2H3,(H,28,30)/t18-,21+,22+/m1/s1. The molecule has 2 fully saturated rings. The third-order valence-electron chi connectivity index (χ3n) is 6.85. The molecule has 8 heteroatoms. The molecule has 1 saturated carbocycles. The first-order chi connectivity index (χ1) is 16.4. The van der Waals surface area contributed by atoms with Gasteiger partial charge in [0.25, 0.3) is 5.91 Å². The number of halogens is 1. The van der Waals surface area contributed by atoms with Crippen LogP contribution in [0.4, 0.5) is 4.39 Å². The molecule has 3 atom stereocenters. The van der Waals surface area contributed by atoms with Crippen LogP contribution in [0.2, 0.25) is 0 Å². The summed E-state index contributed by atoms with van der Waals surface area (Å²) in [7, 11) is 2.76. The second-order valence-corrected chi connectivity index (χ2v) is 8.83. The number of hydrogen-bond donors (Lipinski definition) is 1. The van der Waals surface area contributed by atoms with Gasteiger partial charge in [-0.05, 0) is 67.1 Å². The van der Waals surface area contributed by atoms with E-state index in [4.69, 9.17) is 9.47 Å². The van der Waals surface area contributed by atoms with E-state index in [1.807, 2.05) is 0 Å². The Kier molecular flexibility index (Phi) is 7.14. The van der Waals surface area contributed by atoms with Crippen LogP contribution in [-0.4, -0.2) is 49.0 Å². The van der Waals surface area contributed by atoms with Crippen LogP contribution in [0.1, 0.15) is 58.4 Å². The summed E-state index contributed by atoms with van der Waals surface area (Å²) in [5.74, 6) is -0.750. The number of fused-ring (bicyclic) bond motifs is 1. The summed E-state index contributed by atoms with van der Waals surface area (Å²) >= 11 is 0. The molecule has 2 amide bonds. The monoisotopic (exact) mass is 468 g/mol. The molecule has 1 heterocycles. The summed E-state index contributed by atoms with van der Waals surface area (Å²) in [5.41, 5.74) is 1.36. The topological polar surface area (TPSA) is 84.9 Å². The third-order valence-corrected chi connectivity index (χ3v) is 6.85. The van der Waals surface area contributed by atoms with Gasteiger partial charge in [0.2, 0.25) is 5.91 Å². The molecule has 0 bridgehead atoms. The van der Waals surface area contributed by atoms with Crippen molar-refractivity contribution in [1.82, 2.24) is 10.2 Å². The number of nitrogens with zero attached hydrogens (tertiary/aromatic N) is 1. The van der Waals surface area contributed by atoms with E-state index < -0.39 is 17.8 Å². The van der Waals surface area contributed by atoms with Gasteiger partial charge >= 0.3 is 5.97 Å². The van der Waals surface area contributed by atoms with Gasteiger partial charge in [-0.2, -0.15) is 0 Å². The van der Waals surface area contributed by atoms with Gasteiger partial charge in [-0.25, -0.2) is 9.18 Å². The number of nitrogens with one attached hydrogen (secondary N) is 1. The fourth-order valence-corrected chi connectivity index (χ4v) is 5.17. The Labute approximate surface area is 198 Å². The molecule has 2 aliphatic rings. The summed E-state index contributed by atoms with van der Waals surface area (Å²) in [5, 5.41) is 2.93. The molecule has 1 aliphatic carbocycles. The summed E-state index contributed by atoms with van der Waals surface area (Å²) in [4.78, 5) is 40.4. The Hall–Kier alpha value is -3.42. The van der Waals surface area contributed by atoms with Gasteiger partial charge in [0.15, 0.2) is 0 Å². The van der Waals surface area contributed by atoms with Crippen molar-refractivity contribution in [3.8, 4) is 5.75 Å². The van der Waals surface area contributed by atoms with Gasteiger partial charge in [-0.3, -0.25) is 9.59 Å². The lowest BCUT2D eigenvalue weighted by molar-refractivity contribution is -0.125. The van der Waals surface area contributed by atoms with Crippen LogP contribution in [0.5, 0.6) is 5.75 Å². The quantitative estimate of drug-likeness (QED) is 0.654. The zero-order chi connectivity index (χ0) is 24.2. The number of esters is 1. The van der Waals surface area contributed by atoms with E-state index in [-0.39, 0.29) is 35.9 Å². The van der Waals surface area contributed by atoms with E-state index in [9.17, 15) is 18.8 Å². The van der Waals surface area contributed by atoms with Crippen molar-refractivity contribution in [1.29, 1.82) is 0 Å². The molecule has 0 radical (unpaired) electrons. The number of hydrogen-bond acceptors (Lipinski definition) is 5. The number of carbonyl (C=O) groups excluding carboxylic acids is 3.